The Labute approximate surface area is 295 Å². The van der Waals surface area contributed by atoms with E-state index in [1.807, 2.05) is 6.26 Å². The van der Waals surface area contributed by atoms with Gasteiger partial charge in [0.25, 0.3) is 0 Å². The highest BCUT2D eigenvalue weighted by Crippen LogP contribution is 2.16. The first-order valence-electron chi connectivity index (χ1n) is 16.2. The van der Waals surface area contributed by atoms with Crippen LogP contribution in [-0.4, -0.2) is 123 Å². The van der Waals surface area contributed by atoms with Crippen molar-refractivity contribution in [2.45, 2.75) is 83.3 Å². The number of unbranched alkanes of at least 4 members (excludes halogenated alkanes) is 1. The maximum Gasteiger partial charge on any atom is 0.407 e. The molecule has 0 aliphatic rings. The summed E-state index contributed by atoms with van der Waals surface area (Å²) in [6.45, 7) is 9.28. The monoisotopic (exact) mass is 723 g/mol. The van der Waals surface area contributed by atoms with Crippen molar-refractivity contribution in [3.05, 3.63) is 18.6 Å². The highest BCUT2D eigenvalue weighted by molar-refractivity contribution is 7.98. The Kier molecular flexibility index (Phi) is 18.1. The zero-order valence-electron chi connectivity index (χ0n) is 29.4. The highest BCUT2D eigenvalue weighted by Gasteiger charge is 2.28. The van der Waals surface area contributed by atoms with Crippen molar-refractivity contribution in [3.63, 3.8) is 0 Å². The van der Waals surface area contributed by atoms with Crippen molar-refractivity contribution in [3.8, 4) is 11.3 Å². The van der Waals surface area contributed by atoms with E-state index in [0.29, 0.717) is 36.8 Å². The average Bonchev–Trinajstić information content (AvgIpc) is 3.52. The number of ether oxygens (including phenoxy) is 3. The number of rotatable bonds is 22. The first-order valence-corrected chi connectivity index (χ1v) is 17.4. The van der Waals surface area contributed by atoms with Crippen molar-refractivity contribution in [2.75, 3.05) is 45.8 Å². The predicted octanol–water partition coefficient (Wildman–Crippen LogP) is 1.01. The molecule has 19 heteroatoms. The zero-order chi connectivity index (χ0) is 37.1. The van der Waals surface area contributed by atoms with Crippen LogP contribution in [0.4, 0.5) is 4.79 Å². The van der Waals surface area contributed by atoms with Gasteiger partial charge in [-0.15, -0.1) is 5.10 Å². The van der Waals surface area contributed by atoms with Gasteiger partial charge in [-0.2, -0.15) is 0 Å². The highest BCUT2D eigenvalue weighted by atomic mass is 32.2. The molecule has 2 aromatic rings. The minimum Gasteiger partial charge on any atom is -0.480 e. The molecule has 0 saturated carbocycles. The number of carbonyl (C=O) groups excluding carboxylic acids is 4. The third kappa shape index (κ3) is 16.8. The number of thioether (sulfide) groups is 1. The quantitative estimate of drug-likeness (QED) is 0.0648. The van der Waals surface area contributed by atoms with Crippen molar-refractivity contribution in [2.24, 2.45) is 5.92 Å². The van der Waals surface area contributed by atoms with Gasteiger partial charge in [-0.05, 0) is 52.2 Å². The summed E-state index contributed by atoms with van der Waals surface area (Å²) >= 11 is 1.45. The first-order chi connectivity index (χ1) is 23.7. The van der Waals surface area contributed by atoms with Crippen molar-refractivity contribution in [1.82, 2.24) is 46.2 Å². The Morgan fingerprint density at radius 3 is 2.28 bits per heavy atom. The molecule has 2 aromatic heterocycles. The molecule has 0 fully saturated rings. The lowest BCUT2D eigenvalue weighted by molar-refractivity contribution is -0.142. The molecule has 18 nitrogen and oxygen atoms in total. The van der Waals surface area contributed by atoms with Crippen LogP contribution in [0.5, 0.6) is 0 Å². The summed E-state index contributed by atoms with van der Waals surface area (Å²) in [6.07, 6.45) is 7.45. The van der Waals surface area contributed by atoms with Crippen LogP contribution < -0.4 is 21.3 Å². The van der Waals surface area contributed by atoms with Crippen molar-refractivity contribution < 1.29 is 43.3 Å². The van der Waals surface area contributed by atoms with Crippen LogP contribution in [0.1, 0.15) is 53.9 Å². The Balaban J connectivity index is 1.62. The van der Waals surface area contributed by atoms with Gasteiger partial charge in [-0.3, -0.25) is 14.4 Å². The molecule has 0 saturated heterocycles. The molecule has 50 heavy (non-hydrogen) atoms. The standard InChI is InChI=1S/C31H49N9O9S/c1-20(2)26(27(43)36-22(28(44)45)9-7-8-10-33-30(46)49-31(3,4)5)37-25(42)19-48-18-24(41)32-11-13-47-14-12-40-17-23(38-39-40)21-15-34-29(50-6)35-16-21/h15-17,20,22,26H,7-14,18-19H2,1-6H3,(H,32,41)(H,33,46)(H,36,43)(H,37,42)(H,44,45)/t22-,26-/m0/s1. The van der Waals surface area contributed by atoms with Crippen molar-refractivity contribution >= 4 is 41.5 Å². The van der Waals surface area contributed by atoms with Crippen LogP contribution in [0.25, 0.3) is 11.3 Å². The van der Waals surface area contributed by atoms with Gasteiger partial charge < -0.3 is 40.6 Å². The summed E-state index contributed by atoms with van der Waals surface area (Å²) in [5.74, 6) is -3.35. The topological polar surface area (TPSA) is 238 Å². The molecule has 278 valence electrons. The Morgan fingerprint density at radius 1 is 0.940 bits per heavy atom. The van der Waals surface area contributed by atoms with E-state index < -0.39 is 54.1 Å². The predicted molar refractivity (Wildman–Crippen MR) is 182 cm³/mol. The molecule has 5 N–H and O–H groups in total. The van der Waals surface area contributed by atoms with E-state index in [2.05, 4.69) is 41.5 Å². The maximum atomic E-state index is 12.9. The molecule has 2 rings (SSSR count). The number of aromatic nitrogens is 5. The third-order valence-corrected chi connectivity index (χ3v) is 7.19. The van der Waals surface area contributed by atoms with Crippen molar-refractivity contribution in [1.29, 1.82) is 0 Å². The molecule has 0 aromatic carbocycles. The van der Waals surface area contributed by atoms with E-state index in [9.17, 15) is 29.1 Å². The summed E-state index contributed by atoms with van der Waals surface area (Å²) in [7, 11) is 0. The van der Waals surface area contributed by atoms with Crippen LogP contribution in [0.3, 0.4) is 0 Å². The first kappa shape index (κ1) is 41.8. The molecule has 0 aliphatic carbocycles. The summed E-state index contributed by atoms with van der Waals surface area (Å²) < 4.78 is 17.5. The van der Waals surface area contributed by atoms with Gasteiger partial charge in [0, 0.05) is 31.0 Å². The average molecular weight is 724 g/mol. The number of hydrogen-bond donors (Lipinski definition) is 5. The SMILES string of the molecule is CSc1ncc(-c2cn(CCOCCNC(=O)COCC(=O)N[C@H](C(=O)N[C@@H](CCCCNC(=O)OC(C)(C)C)C(=O)O)C(C)C)nn2)cn1. The van der Waals surface area contributed by atoms with Crippen LogP contribution in [-0.2, 0) is 39.9 Å². The van der Waals surface area contributed by atoms with E-state index in [-0.39, 0.29) is 38.6 Å². The lowest BCUT2D eigenvalue weighted by Crippen LogP contribution is -2.54. The van der Waals surface area contributed by atoms with E-state index in [0.717, 1.165) is 5.56 Å². The minimum atomic E-state index is -1.22. The number of aliphatic carboxylic acids is 1. The van der Waals surface area contributed by atoms with Crippen LogP contribution in [0, 0.1) is 5.92 Å². The number of hydrogen-bond acceptors (Lipinski definition) is 13. The number of amides is 4. The normalized spacial score (nSPS) is 12.5. The summed E-state index contributed by atoms with van der Waals surface area (Å²) in [5.41, 5.74) is 0.764. The second kappa shape index (κ2) is 21.7. The fraction of sp³-hybridized carbons (Fsp3) is 0.645. The molecule has 0 aliphatic heterocycles. The second-order valence-electron chi connectivity index (χ2n) is 12.4. The molecule has 0 unspecified atom stereocenters. The van der Waals surface area contributed by atoms with Gasteiger partial charge in [0.2, 0.25) is 17.7 Å². The van der Waals surface area contributed by atoms with Gasteiger partial charge in [0.15, 0.2) is 5.16 Å². The molecule has 0 bridgehead atoms. The molecule has 2 heterocycles. The Bertz CT molecular complexity index is 1380. The molecule has 4 amide bonds. The van der Waals surface area contributed by atoms with Gasteiger partial charge in [-0.1, -0.05) is 30.8 Å². The van der Waals surface area contributed by atoms with E-state index >= 15 is 0 Å². The zero-order valence-corrected chi connectivity index (χ0v) is 30.2. The van der Waals surface area contributed by atoms with Crippen LogP contribution >= 0.6 is 11.8 Å². The summed E-state index contributed by atoms with van der Waals surface area (Å²) in [4.78, 5) is 69.4. The lowest BCUT2D eigenvalue weighted by atomic mass is 10.0. The van der Waals surface area contributed by atoms with E-state index in [1.54, 1.807) is 57.9 Å². The molecule has 0 spiro atoms. The van der Waals surface area contributed by atoms with Crippen LogP contribution in [0.2, 0.25) is 0 Å². The Hall–Kier alpha value is -4.36. The fourth-order valence-electron chi connectivity index (χ4n) is 4.15. The number of carbonyl (C=O) groups is 5. The lowest BCUT2D eigenvalue weighted by Gasteiger charge is -2.24. The van der Waals surface area contributed by atoms with Gasteiger partial charge in [0.1, 0.15) is 36.6 Å². The maximum absolute atomic E-state index is 12.9. The minimum absolute atomic E-state index is 0.117. The number of nitrogens with zero attached hydrogens (tertiary/aromatic N) is 5. The number of nitrogens with one attached hydrogen (secondary N) is 4. The number of alkyl carbamates (subject to hydrolysis) is 1. The van der Waals surface area contributed by atoms with Gasteiger partial charge in [0.05, 0.1) is 26.0 Å². The van der Waals surface area contributed by atoms with Crippen LogP contribution in [0.15, 0.2) is 23.7 Å². The molecule has 0 radical (unpaired) electrons. The Morgan fingerprint density at radius 2 is 1.64 bits per heavy atom. The number of carboxylic acid groups (broad SMARTS) is 1. The molecular formula is C31H49N9O9S. The fourth-order valence-corrected chi connectivity index (χ4v) is 4.47. The summed E-state index contributed by atoms with van der Waals surface area (Å²) in [5, 5.41) is 28.7. The van der Waals surface area contributed by atoms with E-state index in [1.165, 1.54) is 11.8 Å². The third-order valence-electron chi connectivity index (χ3n) is 6.61. The number of carboxylic acids is 1. The molecule has 2 atom stereocenters. The largest absolute Gasteiger partial charge is 0.480 e. The van der Waals surface area contributed by atoms with E-state index in [4.69, 9.17) is 14.2 Å². The van der Waals surface area contributed by atoms with Gasteiger partial charge in [-0.25, -0.2) is 24.2 Å². The van der Waals surface area contributed by atoms with Gasteiger partial charge >= 0.3 is 12.1 Å². The smallest absolute Gasteiger partial charge is 0.407 e. The second-order valence-corrected chi connectivity index (χ2v) is 13.2. The summed E-state index contributed by atoms with van der Waals surface area (Å²) in [6, 6.07) is -2.22. The molecular weight excluding hydrogens is 674 g/mol.